The van der Waals surface area contributed by atoms with Crippen molar-refractivity contribution in [3.8, 4) is 0 Å². The van der Waals surface area contributed by atoms with Gasteiger partial charge in [-0.1, -0.05) is 12.8 Å². The van der Waals surface area contributed by atoms with Gasteiger partial charge in [0.1, 0.15) is 6.61 Å². The SMILES string of the molecule is CC(C)(C)NC(=O)CC1(C(=O)OCc2cc(=O)n3ccsc3n2)CCCC1. The fraction of sp³-hybridized carbons (Fsp3) is 0.579. The third-order valence-electron chi connectivity index (χ3n) is 4.71. The lowest BCUT2D eigenvalue weighted by atomic mass is 9.82. The maximum atomic E-state index is 12.8. The van der Waals surface area contributed by atoms with E-state index in [1.807, 2.05) is 20.8 Å². The smallest absolute Gasteiger partial charge is 0.312 e. The topological polar surface area (TPSA) is 89.8 Å². The van der Waals surface area contributed by atoms with Crippen LogP contribution in [-0.4, -0.2) is 26.8 Å². The Morgan fingerprint density at radius 1 is 1.33 bits per heavy atom. The second kappa shape index (κ2) is 7.42. The van der Waals surface area contributed by atoms with Crippen LogP contribution in [0.2, 0.25) is 0 Å². The molecule has 0 atom stereocenters. The van der Waals surface area contributed by atoms with Crippen molar-refractivity contribution in [2.45, 2.75) is 65.0 Å². The average Bonchev–Trinajstić information content (AvgIpc) is 3.20. The number of fused-ring (bicyclic) bond motifs is 1. The minimum Gasteiger partial charge on any atom is -0.459 e. The third-order valence-corrected chi connectivity index (χ3v) is 5.47. The highest BCUT2D eigenvalue weighted by Gasteiger charge is 2.44. The van der Waals surface area contributed by atoms with E-state index in [-0.39, 0.29) is 36.0 Å². The molecule has 2 heterocycles. The predicted molar refractivity (Wildman–Crippen MR) is 103 cm³/mol. The lowest BCUT2D eigenvalue weighted by Crippen LogP contribution is -2.44. The number of nitrogens with one attached hydrogen (secondary N) is 1. The number of aromatic nitrogens is 2. The number of hydrogen-bond donors (Lipinski definition) is 1. The molecule has 1 saturated carbocycles. The summed E-state index contributed by atoms with van der Waals surface area (Å²) in [6.45, 7) is 5.67. The molecule has 0 radical (unpaired) electrons. The summed E-state index contributed by atoms with van der Waals surface area (Å²) in [5.74, 6) is -0.519. The van der Waals surface area contributed by atoms with Crippen molar-refractivity contribution in [3.05, 3.63) is 33.7 Å². The third kappa shape index (κ3) is 4.55. The second-order valence-corrected chi connectivity index (χ2v) is 9.05. The summed E-state index contributed by atoms with van der Waals surface area (Å²) in [4.78, 5) is 42.2. The molecule has 1 N–H and O–H groups in total. The van der Waals surface area contributed by atoms with Crippen molar-refractivity contribution in [3.63, 3.8) is 0 Å². The standard InChI is InChI=1S/C19H25N3O4S/c1-18(2,3)21-14(23)11-19(6-4-5-7-19)16(25)26-12-13-10-15(24)22-8-9-27-17(22)20-13/h8-10H,4-7,11-12H2,1-3H3,(H,21,23). The van der Waals surface area contributed by atoms with E-state index < -0.39 is 5.41 Å². The molecular formula is C19H25N3O4S. The van der Waals surface area contributed by atoms with Crippen molar-refractivity contribution in [2.24, 2.45) is 5.41 Å². The van der Waals surface area contributed by atoms with Gasteiger partial charge in [0.15, 0.2) is 4.96 Å². The van der Waals surface area contributed by atoms with Crippen LogP contribution in [0.1, 0.15) is 58.6 Å². The first-order chi connectivity index (χ1) is 12.7. The molecular weight excluding hydrogens is 366 g/mol. The number of carbonyl (C=O) groups excluding carboxylic acids is 2. The van der Waals surface area contributed by atoms with Gasteiger partial charge >= 0.3 is 5.97 Å². The summed E-state index contributed by atoms with van der Waals surface area (Å²) in [5.41, 5.74) is -0.907. The zero-order valence-electron chi connectivity index (χ0n) is 15.9. The van der Waals surface area contributed by atoms with E-state index in [1.54, 1.807) is 11.6 Å². The number of ether oxygens (including phenoxy) is 1. The Balaban J connectivity index is 1.69. The molecule has 0 saturated heterocycles. The minimum atomic E-state index is -0.780. The van der Waals surface area contributed by atoms with Crippen molar-refractivity contribution < 1.29 is 14.3 Å². The van der Waals surface area contributed by atoms with Crippen molar-refractivity contribution in [2.75, 3.05) is 0 Å². The maximum Gasteiger partial charge on any atom is 0.312 e. The molecule has 146 valence electrons. The predicted octanol–water partition coefficient (Wildman–Crippen LogP) is 2.66. The van der Waals surface area contributed by atoms with Crippen LogP contribution in [0.4, 0.5) is 0 Å². The first kappa shape index (κ1) is 19.5. The normalized spacial score (nSPS) is 16.4. The van der Waals surface area contributed by atoms with Gasteiger partial charge in [0.25, 0.3) is 5.56 Å². The van der Waals surface area contributed by atoms with E-state index in [9.17, 15) is 14.4 Å². The highest BCUT2D eigenvalue weighted by atomic mass is 32.1. The Labute approximate surface area is 161 Å². The van der Waals surface area contributed by atoms with E-state index in [2.05, 4.69) is 10.3 Å². The Hall–Kier alpha value is -2.22. The molecule has 27 heavy (non-hydrogen) atoms. The largest absolute Gasteiger partial charge is 0.459 e. The molecule has 2 aromatic rings. The summed E-state index contributed by atoms with van der Waals surface area (Å²) in [6.07, 6.45) is 4.87. The van der Waals surface area contributed by atoms with Gasteiger partial charge in [0, 0.05) is 29.6 Å². The first-order valence-corrected chi connectivity index (χ1v) is 10.0. The van der Waals surface area contributed by atoms with Gasteiger partial charge in [-0.15, -0.1) is 11.3 Å². The van der Waals surface area contributed by atoms with Gasteiger partial charge in [-0.2, -0.15) is 0 Å². The number of esters is 1. The van der Waals surface area contributed by atoms with Crippen LogP contribution in [-0.2, 0) is 20.9 Å². The van der Waals surface area contributed by atoms with Crippen molar-refractivity contribution in [1.82, 2.24) is 14.7 Å². The Kier molecular flexibility index (Phi) is 5.37. The molecule has 0 aliphatic heterocycles. The highest BCUT2D eigenvalue weighted by molar-refractivity contribution is 7.15. The van der Waals surface area contributed by atoms with Crippen LogP contribution in [0, 0.1) is 5.41 Å². The van der Waals surface area contributed by atoms with Gasteiger partial charge in [0.05, 0.1) is 11.1 Å². The summed E-state index contributed by atoms with van der Waals surface area (Å²) in [5, 5.41) is 4.70. The highest BCUT2D eigenvalue weighted by Crippen LogP contribution is 2.42. The fourth-order valence-electron chi connectivity index (χ4n) is 3.53. The quantitative estimate of drug-likeness (QED) is 0.792. The van der Waals surface area contributed by atoms with Crippen LogP contribution in [0.3, 0.4) is 0 Å². The number of thiazole rings is 1. The number of rotatable bonds is 5. The van der Waals surface area contributed by atoms with Crippen molar-refractivity contribution in [1.29, 1.82) is 0 Å². The molecule has 0 aromatic carbocycles. The molecule has 1 amide bonds. The van der Waals surface area contributed by atoms with E-state index in [1.165, 1.54) is 21.8 Å². The van der Waals surface area contributed by atoms with E-state index in [0.717, 1.165) is 12.8 Å². The summed E-state index contributed by atoms with van der Waals surface area (Å²) < 4.78 is 6.95. The molecule has 3 rings (SSSR count). The number of amides is 1. The molecule has 0 spiro atoms. The molecule has 1 fully saturated rings. The monoisotopic (exact) mass is 391 g/mol. The Bertz CT molecular complexity index is 904. The van der Waals surface area contributed by atoms with Crippen LogP contribution in [0.15, 0.2) is 22.4 Å². The molecule has 1 aliphatic carbocycles. The average molecular weight is 391 g/mol. The van der Waals surface area contributed by atoms with Crippen LogP contribution in [0.25, 0.3) is 4.96 Å². The van der Waals surface area contributed by atoms with Crippen LogP contribution < -0.4 is 10.9 Å². The summed E-state index contributed by atoms with van der Waals surface area (Å²) in [7, 11) is 0. The van der Waals surface area contributed by atoms with Gasteiger partial charge in [-0.25, -0.2) is 4.98 Å². The Morgan fingerprint density at radius 3 is 2.70 bits per heavy atom. The van der Waals surface area contributed by atoms with Gasteiger partial charge in [-0.3, -0.25) is 18.8 Å². The maximum absolute atomic E-state index is 12.8. The number of nitrogens with zero attached hydrogens (tertiary/aromatic N) is 2. The van der Waals surface area contributed by atoms with Gasteiger partial charge < -0.3 is 10.1 Å². The lowest BCUT2D eigenvalue weighted by molar-refractivity contribution is -0.159. The number of hydrogen-bond acceptors (Lipinski definition) is 6. The molecule has 0 unspecified atom stereocenters. The van der Waals surface area contributed by atoms with E-state index in [4.69, 9.17) is 4.74 Å². The second-order valence-electron chi connectivity index (χ2n) is 8.18. The molecule has 2 aromatic heterocycles. The molecule has 0 bridgehead atoms. The molecule has 8 heteroatoms. The van der Waals surface area contributed by atoms with Crippen molar-refractivity contribution >= 4 is 28.2 Å². The van der Waals surface area contributed by atoms with Crippen LogP contribution >= 0.6 is 11.3 Å². The fourth-order valence-corrected chi connectivity index (χ4v) is 4.27. The van der Waals surface area contributed by atoms with E-state index in [0.29, 0.717) is 23.5 Å². The number of carbonyl (C=O) groups is 2. The van der Waals surface area contributed by atoms with E-state index >= 15 is 0 Å². The zero-order chi connectivity index (χ0) is 19.7. The lowest BCUT2D eigenvalue weighted by Gasteiger charge is -2.28. The zero-order valence-corrected chi connectivity index (χ0v) is 16.7. The summed E-state index contributed by atoms with van der Waals surface area (Å²) >= 11 is 1.35. The minimum absolute atomic E-state index is 0.0644. The molecule has 7 nitrogen and oxygen atoms in total. The van der Waals surface area contributed by atoms with Gasteiger partial charge in [-0.05, 0) is 33.6 Å². The van der Waals surface area contributed by atoms with Gasteiger partial charge in [0.2, 0.25) is 5.91 Å². The van der Waals surface area contributed by atoms with Crippen LogP contribution in [0.5, 0.6) is 0 Å². The summed E-state index contributed by atoms with van der Waals surface area (Å²) in [6, 6.07) is 1.38. The first-order valence-electron chi connectivity index (χ1n) is 9.13. The Morgan fingerprint density at radius 2 is 2.04 bits per heavy atom. The molecule has 1 aliphatic rings.